The van der Waals surface area contributed by atoms with Gasteiger partial charge < -0.3 is 4.57 Å². The number of hydrogen-bond acceptors (Lipinski definition) is 3. The Labute approximate surface area is 125 Å². The summed E-state index contributed by atoms with van der Waals surface area (Å²) in [4.78, 5) is 8.37. The molecule has 3 aromatic rings. The minimum Gasteiger partial charge on any atom is -0.324 e. The summed E-state index contributed by atoms with van der Waals surface area (Å²) in [5.74, 6) is -1.22. The largest absolute Gasteiger partial charge is 0.324 e. The van der Waals surface area contributed by atoms with E-state index in [0.717, 1.165) is 17.7 Å². The number of imidazole rings is 1. The van der Waals surface area contributed by atoms with Crippen LogP contribution in [0.5, 0.6) is 0 Å². The van der Waals surface area contributed by atoms with Gasteiger partial charge in [0.2, 0.25) is 0 Å². The lowest BCUT2D eigenvalue weighted by molar-refractivity contribution is 0.510. The highest BCUT2D eigenvalue weighted by molar-refractivity contribution is 5.80. The van der Waals surface area contributed by atoms with Crippen LogP contribution in [0, 0.1) is 23.0 Å². The molecule has 4 nitrogen and oxygen atoms in total. The predicted octanol–water partition coefficient (Wildman–Crippen LogP) is 3.68. The first-order chi connectivity index (χ1) is 10.7. The summed E-state index contributed by atoms with van der Waals surface area (Å²) in [5.41, 5.74) is 1.72. The van der Waals surface area contributed by atoms with Gasteiger partial charge in [-0.1, -0.05) is 0 Å². The fourth-order valence-corrected chi connectivity index (χ4v) is 2.38. The van der Waals surface area contributed by atoms with Gasteiger partial charge >= 0.3 is 0 Å². The minimum atomic E-state index is -0.921. The Morgan fingerprint density at radius 3 is 2.59 bits per heavy atom. The van der Waals surface area contributed by atoms with Crippen LogP contribution < -0.4 is 0 Å². The van der Waals surface area contributed by atoms with Gasteiger partial charge in [-0.2, -0.15) is 5.26 Å². The zero-order chi connectivity index (χ0) is 15.5. The third-order valence-electron chi connectivity index (χ3n) is 3.40. The third kappa shape index (κ3) is 2.53. The van der Waals surface area contributed by atoms with E-state index in [-0.39, 0.29) is 0 Å². The summed E-state index contributed by atoms with van der Waals surface area (Å²) in [6.45, 7) is 0.507. The Bertz CT molecular complexity index is 850. The van der Waals surface area contributed by atoms with Crippen LogP contribution in [0.4, 0.5) is 8.78 Å². The van der Waals surface area contributed by atoms with Crippen molar-refractivity contribution >= 4 is 11.0 Å². The van der Waals surface area contributed by atoms with Gasteiger partial charge in [-0.15, -0.1) is 0 Å². The van der Waals surface area contributed by atoms with E-state index in [2.05, 4.69) is 16.0 Å². The smallest absolute Gasteiger partial charge is 0.161 e. The summed E-state index contributed by atoms with van der Waals surface area (Å²) in [6.07, 6.45) is 4.27. The lowest BCUT2D eigenvalue weighted by Crippen LogP contribution is -2.01. The lowest BCUT2D eigenvalue weighted by atomic mass is 10.2. The lowest BCUT2D eigenvalue weighted by Gasteiger charge is -2.08. The number of aryl methyl sites for hydroxylation is 1. The van der Waals surface area contributed by atoms with E-state index in [4.69, 9.17) is 5.26 Å². The van der Waals surface area contributed by atoms with Crippen LogP contribution in [0.25, 0.3) is 22.4 Å². The Hall–Kier alpha value is -2.81. The van der Waals surface area contributed by atoms with Gasteiger partial charge in [-0.25, -0.2) is 13.8 Å². The number of aromatic nitrogens is 3. The first-order valence-corrected chi connectivity index (χ1v) is 6.83. The molecule has 1 aromatic carbocycles. The molecular formula is C16H12F2N4. The van der Waals surface area contributed by atoms with Crippen molar-refractivity contribution in [3.8, 4) is 17.5 Å². The Morgan fingerprint density at radius 1 is 1.14 bits per heavy atom. The van der Waals surface area contributed by atoms with Crippen molar-refractivity contribution in [3.05, 3.63) is 48.3 Å². The topological polar surface area (TPSA) is 54.5 Å². The first-order valence-electron chi connectivity index (χ1n) is 6.83. The van der Waals surface area contributed by atoms with E-state index in [1.54, 1.807) is 24.5 Å². The summed E-state index contributed by atoms with van der Waals surface area (Å²) in [6, 6.07) is 7.89. The second-order valence-corrected chi connectivity index (χ2v) is 4.84. The van der Waals surface area contributed by atoms with Crippen molar-refractivity contribution in [1.29, 1.82) is 5.26 Å². The summed E-state index contributed by atoms with van der Waals surface area (Å²) in [5, 5.41) is 8.68. The van der Waals surface area contributed by atoms with Gasteiger partial charge in [0.15, 0.2) is 11.6 Å². The molecule has 6 heteroatoms. The molecule has 0 saturated carbocycles. The van der Waals surface area contributed by atoms with Crippen LogP contribution in [0.3, 0.4) is 0 Å². The molecule has 0 fully saturated rings. The molecule has 3 rings (SSSR count). The number of fused-ring (bicyclic) bond motifs is 1. The van der Waals surface area contributed by atoms with Crippen molar-refractivity contribution in [1.82, 2.24) is 14.5 Å². The highest BCUT2D eigenvalue weighted by atomic mass is 19.2. The standard InChI is InChI=1S/C16H12F2N4/c17-12-9-14-15(10-13(12)18)22(8-2-1-5-19)16(21-14)11-3-6-20-7-4-11/h3-4,6-7,9-10H,1-2,8H2. The van der Waals surface area contributed by atoms with Crippen molar-refractivity contribution in [3.63, 3.8) is 0 Å². The molecule has 0 aliphatic rings. The maximum atomic E-state index is 13.6. The maximum Gasteiger partial charge on any atom is 0.161 e. The molecule has 110 valence electrons. The number of hydrogen-bond donors (Lipinski definition) is 0. The van der Waals surface area contributed by atoms with E-state index in [1.165, 1.54) is 0 Å². The molecule has 0 atom stereocenters. The van der Waals surface area contributed by atoms with E-state index >= 15 is 0 Å². The van der Waals surface area contributed by atoms with Gasteiger partial charge in [0, 0.05) is 43.1 Å². The van der Waals surface area contributed by atoms with Crippen molar-refractivity contribution in [2.75, 3.05) is 0 Å². The highest BCUT2D eigenvalue weighted by Crippen LogP contribution is 2.26. The van der Waals surface area contributed by atoms with E-state index in [1.807, 2.05) is 4.57 Å². The van der Waals surface area contributed by atoms with E-state index < -0.39 is 11.6 Å². The third-order valence-corrected chi connectivity index (χ3v) is 3.40. The van der Waals surface area contributed by atoms with Crippen molar-refractivity contribution < 1.29 is 8.78 Å². The van der Waals surface area contributed by atoms with Crippen LogP contribution in [0.15, 0.2) is 36.7 Å². The average Bonchev–Trinajstić information content (AvgIpc) is 2.87. The molecule has 0 N–H and O–H groups in total. The zero-order valence-corrected chi connectivity index (χ0v) is 11.6. The van der Waals surface area contributed by atoms with Gasteiger partial charge in [0.25, 0.3) is 0 Å². The van der Waals surface area contributed by atoms with E-state index in [0.29, 0.717) is 36.2 Å². The molecule has 0 aliphatic carbocycles. The van der Waals surface area contributed by atoms with E-state index in [9.17, 15) is 8.78 Å². The number of benzene rings is 1. The number of pyridine rings is 1. The van der Waals surface area contributed by atoms with Crippen LogP contribution in [-0.4, -0.2) is 14.5 Å². The molecule has 0 amide bonds. The second-order valence-electron chi connectivity index (χ2n) is 4.84. The van der Waals surface area contributed by atoms with Gasteiger partial charge in [-0.3, -0.25) is 4.98 Å². The fourth-order valence-electron chi connectivity index (χ4n) is 2.38. The normalized spacial score (nSPS) is 10.8. The summed E-state index contributed by atoms with van der Waals surface area (Å²) < 4.78 is 28.8. The molecule has 0 saturated heterocycles. The quantitative estimate of drug-likeness (QED) is 0.690. The maximum absolute atomic E-state index is 13.6. The molecule has 0 radical (unpaired) electrons. The molecule has 0 aliphatic heterocycles. The number of nitrogens with zero attached hydrogens (tertiary/aromatic N) is 4. The van der Waals surface area contributed by atoms with Crippen LogP contribution in [-0.2, 0) is 6.54 Å². The highest BCUT2D eigenvalue weighted by Gasteiger charge is 2.15. The van der Waals surface area contributed by atoms with Crippen LogP contribution in [0.1, 0.15) is 12.8 Å². The summed E-state index contributed by atoms with van der Waals surface area (Å²) in [7, 11) is 0. The second kappa shape index (κ2) is 5.90. The zero-order valence-electron chi connectivity index (χ0n) is 11.6. The van der Waals surface area contributed by atoms with Gasteiger partial charge in [-0.05, 0) is 18.6 Å². The van der Waals surface area contributed by atoms with Crippen molar-refractivity contribution in [2.45, 2.75) is 19.4 Å². The molecule has 2 heterocycles. The number of rotatable bonds is 4. The predicted molar refractivity (Wildman–Crippen MR) is 77.7 cm³/mol. The SMILES string of the molecule is N#CCCCn1c(-c2ccncc2)nc2cc(F)c(F)cc21. The first kappa shape index (κ1) is 14.1. The average molecular weight is 298 g/mol. The number of halogens is 2. The molecular weight excluding hydrogens is 286 g/mol. The van der Waals surface area contributed by atoms with Gasteiger partial charge in [0.1, 0.15) is 5.82 Å². The summed E-state index contributed by atoms with van der Waals surface area (Å²) >= 11 is 0. The molecule has 2 aromatic heterocycles. The van der Waals surface area contributed by atoms with Gasteiger partial charge in [0.05, 0.1) is 17.1 Å². The van der Waals surface area contributed by atoms with Crippen molar-refractivity contribution in [2.24, 2.45) is 0 Å². The number of unbranched alkanes of at least 4 members (excludes halogenated alkanes) is 1. The Balaban J connectivity index is 2.17. The molecule has 0 bridgehead atoms. The number of nitriles is 1. The minimum absolute atomic E-state index is 0.388. The monoisotopic (exact) mass is 298 g/mol. The molecule has 22 heavy (non-hydrogen) atoms. The van der Waals surface area contributed by atoms with Crippen LogP contribution >= 0.6 is 0 Å². The molecule has 0 spiro atoms. The molecule has 0 unspecified atom stereocenters. The Morgan fingerprint density at radius 2 is 1.86 bits per heavy atom. The Kier molecular flexibility index (Phi) is 3.79. The fraction of sp³-hybridized carbons (Fsp3) is 0.188. The van der Waals surface area contributed by atoms with Crippen LogP contribution in [0.2, 0.25) is 0 Å².